The van der Waals surface area contributed by atoms with Crippen molar-refractivity contribution in [2.45, 2.75) is 12.8 Å². The molecule has 0 fully saturated rings. The predicted molar refractivity (Wildman–Crippen MR) is 53.5 cm³/mol. The van der Waals surface area contributed by atoms with Crippen molar-refractivity contribution in [2.24, 2.45) is 10.9 Å². The Hall–Kier alpha value is -2.05. The van der Waals surface area contributed by atoms with Gasteiger partial charge in [0, 0.05) is 18.2 Å². The number of carbonyl (C=O) groups is 1. The van der Waals surface area contributed by atoms with E-state index in [9.17, 15) is 23.1 Å². The molecule has 0 bridgehead atoms. The first-order valence-electron chi connectivity index (χ1n) is 4.99. The van der Waals surface area contributed by atoms with Gasteiger partial charge in [0.25, 0.3) is 0 Å². The molecule has 1 aliphatic rings. The van der Waals surface area contributed by atoms with Crippen LogP contribution in [0.5, 0.6) is 5.75 Å². The van der Waals surface area contributed by atoms with Gasteiger partial charge in [-0.1, -0.05) is 6.07 Å². The van der Waals surface area contributed by atoms with Gasteiger partial charge in [-0.15, -0.1) is 13.2 Å². The number of hydrogen-bond donors (Lipinski definition) is 0. The van der Waals surface area contributed by atoms with Crippen LogP contribution in [0.4, 0.5) is 18.9 Å². The zero-order chi connectivity index (χ0) is 13.3. The van der Waals surface area contributed by atoms with E-state index in [2.05, 4.69) is 9.73 Å². The second kappa shape index (κ2) is 4.32. The number of hydrogen-bond acceptors (Lipinski definition) is 4. The summed E-state index contributed by atoms with van der Waals surface area (Å²) in [5.74, 6) is -2.50. The fraction of sp³-hybridized carbons (Fsp3) is 0.273. The SMILES string of the molecule is O=C([O-])C1C=Nc2cc(OC(F)(F)F)ccc2C1. The molecule has 7 heteroatoms. The molecular formula is C11H7F3NO3-. The van der Waals surface area contributed by atoms with Gasteiger partial charge in [0.2, 0.25) is 0 Å². The minimum absolute atomic E-state index is 0.146. The van der Waals surface area contributed by atoms with Crippen LogP contribution in [0.1, 0.15) is 5.56 Å². The van der Waals surface area contributed by atoms with Gasteiger partial charge in [-0.25, -0.2) is 0 Å². The Kier molecular flexibility index (Phi) is 2.98. The molecule has 0 saturated carbocycles. The topological polar surface area (TPSA) is 61.7 Å². The van der Waals surface area contributed by atoms with E-state index in [1.54, 1.807) is 0 Å². The van der Waals surface area contributed by atoms with Crippen LogP contribution >= 0.6 is 0 Å². The molecule has 0 radical (unpaired) electrons. The Morgan fingerprint density at radius 1 is 1.44 bits per heavy atom. The van der Waals surface area contributed by atoms with Gasteiger partial charge in [0.15, 0.2) is 0 Å². The summed E-state index contributed by atoms with van der Waals surface area (Å²) in [5, 5.41) is 10.6. The fourth-order valence-corrected chi connectivity index (χ4v) is 1.64. The molecular weight excluding hydrogens is 251 g/mol. The van der Waals surface area contributed by atoms with E-state index in [0.717, 1.165) is 18.3 Å². The molecule has 1 aromatic carbocycles. The molecule has 1 heterocycles. The van der Waals surface area contributed by atoms with E-state index < -0.39 is 18.2 Å². The third kappa shape index (κ3) is 2.79. The van der Waals surface area contributed by atoms with Crippen molar-refractivity contribution in [3.05, 3.63) is 23.8 Å². The van der Waals surface area contributed by atoms with Crippen LogP contribution in [-0.2, 0) is 11.2 Å². The van der Waals surface area contributed by atoms with E-state index in [0.29, 0.717) is 5.56 Å². The molecule has 1 atom stereocenters. The number of benzene rings is 1. The Labute approximate surface area is 99.7 Å². The second-order valence-corrected chi connectivity index (χ2v) is 3.75. The Morgan fingerprint density at radius 3 is 2.78 bits per heavy atom. The van der Waals surface area contributed by atoms with Gasteiger partial charge in [-0.05, 0) is 18.1 Å². The van der Waals surface area contributed by atoms with Gasteiger partial charge < -0.3 is 14.6 Å². The summed E-state index contributed by atoms with van der Waals surface area (Å²) in [7, 11) is 0. The lowest BCUT2D eigenvalue weighted by Crippen LogP contribution is -2.34. The molecule has 18 heavy (non-hydrogen) atoms. The van der Waals surface area contributed by atoms with Crippen molar-refractivity contribution in [3.8, 4) is 5.75 Å². The van der Waals surface area contributed by atoms with Crippen LogP contribution < -0.4 is 9.84 Å². The number of aliphatic carboxylic acids is 1. The zero-order valence-corrected chi connectivity index (χ0v) is 8.90. The third-order valence-electron chi connectivity index (χ3n) is 2.43. The lowest BCUT2D eigenvalue weighted by atomic mass is 9.96. The molecule has 0 aliphatic carbocycles. The van der Waals surface area contributed by atoms with Crippen LogP contribution in [-0.4, -0.2) is 18.5 Å². The number of alkyl halides is 3. The van der Waals surface area contributed by atoms with Gasteiger partial charge in [-0.3, -0.25) is 4.99 Å². The number of aliphatic imine (C=N–C) groups is 1. The highest BCUT2D eigenvalue weighted by Gasteiger charge is 2.31. The van der Waals surface area contributed by atoms with Crippen LogP contribution in [0.2, 0.25) is 0 Å². The molecule has 0 N–H and O–H groups in total. The average molecular weight is 258 g/mol. The number of carboxylic acid groups (broad SMARTS) is 1. The van der Waals surface area contributed by atoms with E-state index in [1.165, 1.54) is 6.07 Å². The molecule has 0 amide bonds. The van der Waals surface area contributed by atoms with Crippen molar-refractivity contribution in [1.82, 2.24) is 0 Å². The van der Waals surface area contributed by atoms with Crippen molar-refractivity contribution >= 4 is 17.9 Å². The molecule has 1 aliphatic heterocycles. The molecule has 2 rings (SSSR count). The maximum atomic E-state index is 12.0. The van der Waals surface area contributed by atoms with Crippen LogP contribution in [0, 0.1) is 5.92 Å². The number of carboxylic acids is 1. The van der Waals surface area contributed by atoms with Gasteiger partial charge >= 0.3 is 6.36 Å². The van der Waals surface area contributed by atoms with Gasteiger partial charge in [-0.2, -0.15) is 0 Å². The Morgan fingerprint density at radius 2 is 2.17 bits per heavy atom. The smallest absolute Gasteiger partial charge is 0.549 e. The van der Waals surface area contributed by atoms with Crippen LogP contribution in [0.25, 0.3) is 0 Å². The summed E-state index contributed by atoms with van der Waals surface area (Å²) in [6.07, 6.45) is -3.47. The number of fused-ring (bicyclic) bond motifs is 1. The minimum atomic E-state index is -4.76. The summed E-state index contributed by atoms with van der Waals surface area (Å²) < 4.78 is 39.7. The maximum Gasteiger partial charge on any atom is 0.573 e. The first-order valence-corrected chi connectivity index (χ1v) is 4.99. The summed E-state index contributed by atoms with van der Waals surface area (Å²) in [6, 6.07) is 3.60. The monoisotopic (exact) mass is 258 g/mol. The molecule has 1 aromatic rings. The molecule has 0 spiro atoms. The lowest BCUT2D eigenvalue weighted by molar-refractivity contribution is -0.308. The van der Waals surface area contributed by atoms with E-state index >= 15 is 0 Å². The van der Waals surface area contributed by atoms with E-state index in [4.69, 9.17) is 0 Å². The Balaban J connectivity index is 2.23. The van der Waals surface area contributed by atoms with Crippen LogP contribution in [0.3, 0.4) is 0 Å². The second-order valence-electron chi connectivity index (χ2n) is 3.75. The number of ether oxygens (including phenoxy) is 1. The van der Waals surface area contributed by atoms with E-state index in [1.807, 2.05) is 0 Å². The number of rotatable bonds is 2. The summed E-state index contributed by atoms with van der Waals surface area (Å²) in [5.41, 5.74) is 0.815. The summed E-state index contributed by atoms with van der Waals surface area (Å²) in [6.45, 7) is 0. The third-order valence-corrected chi connectivity index (χ3v) is 2.43. The zero-order valence-electron chi connectivity index (χ0n) is 8.90. The normalized spacial score (nSPS) is 18.3. The van der Waals surface area contributed by atoms with Gasteiger partial charge in [0.1, 0.15) is 5.75 Å². The molecule has 0 aromatic heterocycles. The van der Waals surface area contributed by atoms with Crippen molar-refractivity contribution in [1.29, 1.82) is 0 Å². The average Bonchev–Trinajstić information content (AvgIpc) is 2.26. The van der Waals surface area contributed by atoms with Crippen molar-refractivity contribution in [2.75, 3.05) is 0 Å². The maximum absolute atomic E-state index is 12.0. The van der Waals surface area contributed by atoms with E-state index in [-0.39, 0.29) is 17.9 Å². The Bertz CT molecular complexity index is 511. The molecule has 96 valence electrons. The lowest BCUT2D eigenvalue weighted by Gasteiger charge is -2.19. The molecule has 4 nitrogen and oxygen atoms in total. The highest BCUT2D eigenvalue weighted by molar-refractivity contribution is 5.90. The highest BCUT2D eigenvalue weighted by atomic mass is 19.4. The quantitative estimate of drug-likeness (QED) is 0.801. The summed E-state index contributed by atoms with van der Waals surface area (Å²) >= 11 is 0. The van der Waals surface area contributed by atoms with Gasteiger partial charge in [0.05, 0.1) is 11.7 Å². The summed E-state index contributed by atoms with van der Waals surface area (Å²) in [4.78, 5) is 14.4. The number of carbonyl (C=O) groups excluding carboxylic acids is 1. The molecule has 0 saturated heterocycles. The predicted octanol–water partition coefficient (Wildman–Crippen LogP) is 1.21. The standard InChI is InChI=1S/C11H8F3NO3/c12-11(13,14)18-8-2-1-6-3-7(10(16)17)5-15-9(6)4-8/h1-2,4-5,7H,3H2,(H,16,17)/p-1. The van der Waals surface area contributed by atoms with Crippen LogP contribution in [0.15, 0.2) is 23.2 Å². The largest absolute Gasteiger partial charge is 0.573 e. The first-order chi connectivity index (χ1) is 8.35. The first kappa shape index (κ1) is 12.4. The minimum Gasteiger partial charge on any atom is -0.549 e. The number of halogens is 3. The fourth-order valence-electron chi connectivity index (χ4n) is 1.64. The highest BCUT2D eigenvalue weighted by Crippen LogP contribution is 2.32. The van der Waals surface area contributed by atoms with Crippen molar-refractivity contribution in [3.63, 3.8) is 0 Å². The molecule has 1 unspecified atom stereocenters. The van der Waals surface area contributed by atoms with Crippen molar-refractivity contribution < 1.29 is 27.8 Å². The number of nitrogens with zero attached hydrogens (tertiary/aromatic N) is 1.